The first kappa shape index (κ1) is 13.4. The van der Waals surface area contributed by atoms with Crippen molar-refractivity contribution in [2.75, 3.05) is 41.9 Å². The molecule has 1 saturated heterocycles. The van der Waals surface area contributed by atoms with E-state index in [2.05, 4.69) is 15.3 Å². The SMILES string of the molecule is CNc1ncc(Cl)c(N2CCCS(=O)(=O)CC2)n1. The van der Waals surface area contributed by atoms with Crippen molar-refractivity contribution < 1.29 is 8.42 Å². The highest BCUT2D eigenvalue weighted by molar-refractivity contribution is 7.91. The molecular formula is C10H15ClN4O2S. The lowest BCUT2D eigenvalue weighted by Crippen LogP contribution is -2.28. The minimum absolute atomic E-state index is 0.141. The molecule has 0 saturated carbocycles. The number of hydrogen-bond acceptors (Lipinski definition) is 6. The lowest BCUT2D eigenvalue weighted by molar-refractivity contribution is 0.597. The van der Waals surface area contributed by atoms with E-state index < -0.39 is 9.84 Å². The van der Waals surface area contributed by atoms with E-state index in [1.54, 1.807) is 7.05 Å². The average Bonchev–Trinajstić information content (AvgIpc) is 2.51. The van der Waals surface area contributed by atoms with Crippen LogP contribution < -0.4 is 10.2 Å². The van der Waals surface area contributed by atoms with Gasteiger partial charge >= 0.3 is 0 Å². The van der Waals surface area contributed by atoms with Gasteiger partial charge in [0.05, 0.1) is 17.7 Å². The first-order chi connectivity index (χ1) is 8.52. The van der Waals surface area contributed by atoms with Gasteiger partial charge in [0, 0.05) is 20.1 Å². The Labute approximate surface area is 111 Å². The van der Waals surface area contributed by atoms with Gasteiger partial charge in [0.2, 0.25) is 5.95 Å². The normalized spacial score (nSPS) is 19.3. The topological polar surface area (TPSA) is 75.2 Å². The summed E-state index contributed by atoms with van der Waals surface area (Å²) < 4.78 is 23.1. The molecule has 1 aliphatic heterocycles. The summed E-state index contributed by atoms with van der Waals surface area (Å²) in [6, 6.07) is 0. The Kier molecular flexibility index (Phi) is 3.91. The fourth-order valence-corrected chi connectivity index (χ4v) is 3.33. The summed E-state index contributed by atoms with van der Waals surface area (Å²) in [7, 11) is -1.21. The van der Waals surface area contributed by atoms with E-state index in [1.807, 2.05) is 4.90 Å². The van der Waals surface area contributed by atoms with Crippen molar-refractivity contribution in [3.05, 3.63) is 11.2 Å². The first-order valence-corrected chi connectivity index (χ1v) is 7.87. The lowest BCUT2D eigenvalue weighted by Gasteiger charge is -2.22. The molecule has 0 bridgehead atoms. The lowest BCUT2D eigenvalue weighted by atomic mass is 10.4. The first-order valence-electron chi connectivity index (χ1n) is 5.67. The average molecular weight is 291 g/mol. The minimum atomic E-state index is -2.93. The predicted molar refractivity (Wildman–Crippen MR) is 72.1 cm³/mol. The zero-order valence-electron chi connectivity index (χ0n) is 10.1. The van der Waals surface area contributed by atoms with Crippen LogP contribution in [0.15, 0.2) is 6.20 Å². The van der Waals surface area contributed by atoms with Crippen LogP contribution in [0.25, 0.3) is 0 Å². The maximum absolute atomic E-state index is 11.6. The van der Waals surface area contributed by atoms with Crippen LogP contribution in [0.1, 0.15) is 6.42 Å². The molecule has 2 rings (SSSR count). The zero-order chi connectivity index (χ0) is 13.2. The monoisotopic (exact) mass is 290 g/mol. The van der Waals surface area contributed by atoms with Crippen LogP contribution in [-0.2, 0) is 9.84 Å². The molecule has 0 spiro atoms. The number of aromatic nitrogens is 2. The summed E-state index contributed by atoms with van der Waals surface area (Å²) in [5.41, 5.74) is 0. The van der Waals surface area contributed by atoms with Gasteiger partial charge in [-0.25, -0.2) is 13.4 Å². The van der Waals surface area contributed by atoms with Crippen LogP contribution in [0.2, 0.25) is 5.02 Å². The highest BCUT2D eigenvalue weighted by Gasteiger charge is 2.21. The zero-order valence-corrected chi connectivity index (χ0v) is 11.6. The Morgan fingerprint density at radius 1 is 1.39 bits per heavy atom. The molecular weight excluding hydrogens is 276 g/mol. The Hall–Kier alpha value is -1.08. The van der Waals surface area contributed by atoms with Gasteiger partial charge in [-0.05, 0) is 6.42 Å². The minimum Gasteiger partial charge on any atom is -0.357 e. The number of rotatable bonds is 2. The molecule has 1 fully saturated rings. The molecule has 0 aliphatic carbocycles. The summed E-state index contributed by atoms with van der Waals surface area (Å²) in [5, 5.41) is 3.28. The van der Waals surface area contributed by atoms with Gasteiger partial charge in [0.1, 0.15) is 5.02 Å². The highest BCUT2D eigenvalue weighted by Crippen LogP contribution is 2.24. The molecule has 1 aromatic heterocycles. The number of halogens is 1. The van der Waals surface area contributed by atoms with Crippen molar-refractivity contribution in [2.45, 2.75) is 6.42 Å². The van der Waals surface area contributed by atoms with E-state index in [1.165, 1.54) is 6.20 Å². The molecule has 0 atom stereocenters. The predicted octanol–water partition coefficient (Wildman–Crippen LogP) is 0.797. The van der Waals surface area contributed by atoms with Gasteiger partial charge in [0.15, 0.2) is 15.7 Å². The Morgan fingerprint density at radius 2 is 2.17 bits per heavy atom. The van der Waals surface area contributed by atoms with Gasteiger partial charge in [-0.2, -0.15) is 4.98 Å². The van der Waals surface area contributed by atoms with Crippen LogP contribution >= 0.6 is 11.6 Å². The van der Waals surface area contributed by atoms with Gasteiger partial charge in [0.25, 0.3) is 0 Å². The van der Waals surface area contributed by atoms with E-state index >= 15 is 0 Å². The van der Waals surface area contributed by atoms with Crippen molar-refractivity contribution >= 4 is 33.2 Å². The second kappa shape index (κ2) is 5.27. The molecule has 0 aromatic carbocycles. The molecule has 18 heavy (non-hydrogen) atoms. The van der Waals surface area contributed by atoms with E-state index in [-0.39, 0.29) is 11.5 Å². The molecule has 0 unspecified atom stereocenters. The fourth-order valence-electron chi connectivity index (χ4n) is 1.85. The van der Waals surface area contributed by atoms with Crippen molar-refractivity contribution in [3.63, 3.8) is 0 Å². The van der Waals surface area contributed by atoms with Crippen molar-refractivity contribution in [3.8, 4) is 0 Å². The van der Waals surface area contributed by atoms with Gasteiger partial charge in [-0.1, -0.05) is 11.6 Å². The summed E-state index contributed by atoms with van der Waals surface area (Å²) >= 11 is 6.07. The molecule has 0 amide bonds. The van der Waals surface area contributed by atoms with E-state index in [0.29, 0.717) is 36.3 Å². The van der Waals surface area contributed by atoms with Gasteiger partial charge < -0.3 is 10.2 Å². The third-order valence-electron chi connectivity index (χ3n) is 2.80. The number of sulfone groups is 1. The summed E-state index contributed by atoms with van der Waals surface area (Å²) in [4.78, 5) is 10.2. The van der Waals surface area contributed by atoms with E-state index in [4.69, 9.17) is 11.6 Å². The molecule has 100 valence electrons. The molecule has 1 aliphatic rings. The Bertz CT molecular complexity index is 535. The number of anilines is 2. The largest absolute Gasteiger partial charge is 0.357 e. The Balaban J connectivity index is 2.25. The Morgan fingerprint density at radius 3 is 2.89 bits per heavy atom. The van der Waals surface area contributed by atoms with Crippen molar-refractivity contribution in [1.82, 2.24) is 9.97 Å². The number of hydrogen-bond donors (Lipinski definition) is 1. The molecule has 6 nitrogen and oxygen atoms in total. The van der Waals surface area contributed by atoms with Crippen molar-refractivity contribution in [2.24, 2.45) is 0 Å². The van der Waals surface area contributed by atoms with Crippen LogP contribution in [0, 0.1) is 0 Å². The highest BCUT2D eigenvalue weighted by atomic mass is 35.5. The standard InChI is InChI=1S/C10H15ClN4O2S/c1-12-10-13-7-8(11)9(14-10)15-3-2-5-18(16,17)6-4-15/h7H,2-6H2,1H3,(H,12,13,14). The second-order valence-electron chi connectivity index (χ2n) is 4.11. The summed E-state index contributed by atoms with van der Waals surface area (Å²) in [6.45, 7) is 1.06. The quantitative estimate of drug-likeness (QED) is 0.868. The second-order valence-corrected chi connectivity index (χ2v) is 6.82. The van der Waals surface area contributed by atoms with Gasteiger partial charge in [-0.15, -0.1) is 0 Å². The van der Waals surface area contributed by atoms with E-state index in [0.717, 1.165) is 0 Å². The van der Waals surface area contributed by atoms with Gasteiger partial charge in [-0.3, -0.25) is 0 Å². The van der Waals surface area contributed by atoms with Crippen molar-refractivity contribution in [1.29, 1.82) is 0 Å². The smallest absolute Gasteiger partial charge is 0.224 e. The van der Waals surface area contributed by atoms with Crippen LogP contribution in [0.5, 0.6) is 0 Å². The molecule has 8 heteroatoms. The third kappa shape index (κ3) is 3.02. The third-order valence-corrected chi connectivity index (χ3v) is 4.79. The van der Waals surface area contributed by atoms with Crippen LogP contribution in [0.4, 0.5) is 11.8 Å². The maximum Gasteiger partial charge on any atom is 0.224 e. The molecule has 1 N–H and O–H groups in total. The summed E-state index contributed by atoms with van der Waals surface area (Å²) in [6.07, 6.45) is 2.12. The van der Waals surface area contributed by atoms with Crippen LogP contribution in [-0.4, -0.2) is 50.0 Å². The van der Waals surface area contributed by atoms with E-state index in [9.17, 15) is 8.42 Å². The number of nitrogens with zero attached hydrogens (tertiary/aromatic N) is 3. The fraction of sp³-hybridized carbons (Fsp3) is 0.600. The summed E-state index contributed by atoms with van der Waals surface area (Å²) in [5.74, 6) is 1.43. The molecule has 2 heterocycles. The van der Waals surface area contributed by atoms with Crippen LogP contribution in [0.3, 0.4) is 0 Å². The molecule has 0 radical (unpaired) electrons. The number of nitrogens with one attached hydrogen (secondary N) is 1. The molecule has 1 aromatic rings. The maximum atomic E-state index is 11.6.